The number of benzene rings is 3. The van der Waals surface area contributed by atoms with Crippen LogP contribution in [0.1, 0.15) is 130 Å². The highest BCUT2D eigenvalue weighted by Crippen LogP contribution is 2.78. The quantitative estimate of drug-likeness (QED) is 0.251. The number of methoxy groups -OCH3 is 3. The van der Waals surface area contributed by atoms with Gasteiger partial charge in [-0.05, 0) is 188 Å². The normalized spacial score (nSPS) is 49.3. The van der Waals surface area contributed by atoms with Crippen molar-refractivity contribution in [3.8, 4) is 34.5 Å². The van der Waals surface area contributed by atoms with Gasteiger partial charge in [0, 0.05) is 54.5 Å². The molecule has 6 spiro atoms. The number of ether oxygens (including phenoxy) is 9. The smallest absolute Gasteiger partial charge is 0.166 e. The van der Waals surface area contributed by atoms with Crippen LogP contribution in [0.3, 0.4) is 0 Å². The van der Waals surface area contributed by atoms with Crippen LogP contribution in [0, 0.1) is 17.8 Å². The number of hydrogen-bond donors (Lipinski definition) is 3. The molecule has 12 fully saturated rings. The van der Waals surface area contributed by atoms with Gasteiger partial charge in [-0.15, -0.1) is 0 Å². The van der Waals surface area contributed by atoms with E-state index < -0.39 is 86.8 Å². The van der Waals surface area contributed by atoms with Gasteiger partial charge in [0.25, 0.3) is 0 Å². The minimum Gasteiger partial charge on any atom is -0.493 e. The molecule has 16 nitrogen and oxygen atoms in total. The van der Waals surface area contributed by atoms with Gasteiger partial charge >= 0.3 is 0 Å². The van der Waals surface area contributed by atoms with Crippen LogP contribution in [0.25, 0.3) is 0 Å². The predicted molar refractivity (Wildman–Crippen MR) is 294 cm³/mol. The Morgan fingerprint density at radius 2 is 0.732 bits per heavy atom. The molecule has 18 aliphatic rings. The Morgan fingerprint density at radius 3 is 1.01 bits per heavy atom. The minimum absolute atomic E-state index is 0.0824. The number of rotatable bonds is 9. The first-order valence-corrected chi connectivity index (χ1v) is 32.2. The van der Waals surface area contributed by atoms with Gasteiger partial charge in [-0.3, -0.25) is 14.7 Å². The van der Waals surface area contributed by atoms with Gasteiger partial charge in [0.2, 0.25) is 0 Å². The third-order valence-corrected chi connectivity index (χ3v) is 27.2. The first-order valence-electron chi connectivity index (χ1n) is 32.2. The van der Waals surface area contributed by atoms with Crippen LogP contribution in [0.4, 0.5) is 0 Å². The molecule has 0 unspecified atom stereocenters. The highest BCUT2D eigenvalue weighted by Gasteiger charge is 2.91. The number of hydrogen-bond acceptors (Lipinski definition) is 16. The first kappa shape index (κ1) is 48.2. The fraction of sp³-hybridized carbons (Fsp3) is 0.727. The second-order valence-electron chi connectivity index (χ2n) is 30.0. The predicted octanol–water partition coefficient (Wildman–Crippen LogP) is 5.39. The van der Waals surface area contributed by atoms with Crippen molar-refractivity contribution in [3.05, 3.63) is 69.8 Å². The maximum absolute atomic E-state index is 14.2. The van der Waals surface area contributed by atoms with E-state index in [1.165, 1.54) is 55.2 Å². The Labute approximate surface area is 478 Å². The van der Waals surface area contributed by atoms with Crippen LogP contribution < -0.4 is 28.4 Å². The summed E-state index contributed by atoms with van der Waals surface area (Å²) < 4.78 is 67.5. The van der Waals surface area contributed by atoms with Gasteiger partial charge in [0.1, 0.15) is 53.8 Å². The summed E-state index contributed by atoms with van der Waals surface area (Å²) in [6, 6.07) is 12.7. The third kappa shape index (κ3) is 4.99. The maximum Gasteiger partial charge on any atom is 0.166 e. The van der Waals surface area contributed by atoms with Crippen LogP contribution >= 0.6 is 0 Å². The van der Waals surface area contributed by atoms with E-state index in [1.807, 2.05) is 0 Å². The van der Waals surface area contributed by atoms with Crippen molar-refractivity contribution in [2.24, 2.45) is 17.8 Å². The highest BCUT2D eigenvalue weighted by molar-refractivity contribution is 5.67. The number of fused-ring (bicyclic) bond motifs is 6. The zero-order valence-electron chi connectivity index (χ0n) is 47.7. The molecule has 3 N–H and O–H groups in total. The molecule has 18 atom stereocenters. The Bertz CT molecular complexity index is 3050. The zero-order chi connectivity index (χ0) is 54.2. The summed E-state index contributed by atoms with van der Waals surface area (Å²) in [5.74, 6) is 6.25. The largest absolute Gasteiger partial charge is 0.493 e. The fourth-order valence-corrected chi connectivity index (χ4v) is 23.5. The standard InChI is InChI=1S/C66H78N4O12/c1-74-40-13-10-37-28-43-64(71)19-16-61(52-58(64,46(37)49(40)77-52)22-25-67(43)31-34-4-5-34)55-70-56(80-61)62(17-20-65(72)44-29-38-11-14-41(75-2)50-47(38)59(65,53(62)78-50)23-26-68(44)32-35-6-7-35)82-57(70)63(81-55)18-21-66(73)45-30-39-12-15-42(76-3)51-48(39)60(66,54(63)79-51)24-27-69(45)33-36-8-9-36/h10-15,34-36,43-45,52-57,71-73H,4-9,16-33H2,1-3H3/t43-,44-,45-,52-,53-,54-,55+,56+,57+,58+,59+,60+,61+,62+,63+,64-,65-,66-/m1/s1. The molecule has 0 amide bonds. The summed E-state index contributed by atoms with van der Waals surface area (Å²) in [6.45, 7) is 5.58. The van der Waals surface area contributed by atoms with Crippen LogP contribution in [0.2, 0.25) is 0 Å². The molecule has 16 heteroatoms. The lowest BCUT2D eigenvalue weighted by Crippen LogP contribution is -2.81. The van der Waals surface area contributed by atoms with Crippen molar-refractivity contribution < 1.29 is 58.0 Å². The van der Waals surface area contributed by atoms with Gasteiger partial charge < -0.3 is 58.0 Å². The van der Waals surface area contributed by atoms with E-state index in [1.54, 1.807) is 21.3 Å². The lowest BCUT2D eigenvalue weighted by atomic mass is 9.46. The van der Waals surface area contributed by atoms with Crippen molar-refractivity contribution >= 4 is 0 Å². The van der Waals surface area contributed by atoms with Gasteiger partial charge in [-0.2, -0.15) is 0 Å². The molecule has 434 valence electrons. The summed E-state index contributed by atoms with van der Waals surface area (Å²) in [7, 11) is 5.20. The molecule has 9 heterocycles. The molecular weight excluding hydrogens is 1040 g/mol. The second kappa shape index (κ2) is 14.9. The summed E-state index contributed by atoms with van der Waals surface area (Å²) >= 11 is 0. The topological polar surface area (TPSA) is 157 Å². The molecule has 6 saturated heterocycles. The summed E-state index contributed by atoms with van der Waals surface area (Å²) in [5, 5.41) is 42.7. The van der Waals surface area contributed by atoms with Gasteiger partial charge in [0.05, 0.1) is 54.4 Å². The number of piperidine rings is 3. The Balaban J connectivity index is 0.775. The van der Waals surface area contributed by atoms with Gasteiger partial charge in [-0.25, -0.2) is 4.90 Å². The molecular formula is C66H78N4O12. The lowest BCUT2D eigenvalue weighted by molar-refractivity contribution is -0.287. The highest BCUT2D eigenvalue weighted by atomic mass is 16.7. The molecule has 6 bridgehead atoms. The summed E-state index contributed by atoms with van der Waals surface area (Å²) in [4.78, 5) is 10.4. The molecule has 9 aliphatic heterocycles. The number of aliphatic hydroxyl groups is 3. The van der Waals surface area contributed by atoms with E-state index in [-0.39, 0.29) is 18.1 Å². The average Bonchev–Trinajstić information content (AvgIpc) is 1.46. The van der Waals surface area contributed by atoms with E-state index >= 15 is 0 Å². The van der Waals surface area contributed by atoms with Crippen LogP contribution in [0.5, 0.6) is 34.5 Å². The molecule has 0 radical (unpaired) electrons. The molecule has 0 aromatic heterocycles. The third-order valence-electron chi connectivity index (χ3n) is 27.2. The second-order valence-corrected chi connectivity index (χ2v) is 30.0. The van der Waals surface area contributed by atoms with Crippen LogP contribution in [0.15, 0.2) is 36.4 Å². The molecule has 21 rings (SSSR count). The monoisotopic (exact) mass is 1120 g/mol. The Kier molecular flexibility index (Phi) is 8.75. The van der Waals surface area contributed by atoms with Gasteiger partial charge in [0.15, 0.2) is 34.5 Å². The van der Waals surface area contributed by atoms with Crippen molar-refractivity contribution in [3.63, 3.8) is 0 Å². The van der Waals surface area contributed by atoms with Crippen molar-refractivity contribution in [2.75, 3.05) is 60.6 Å². The molecule has 9 aliphatic carbocycles. The minimum atomic E-state index is -1.14. The Morgan fingerprint density at radius 1 is 0.427 bits per heavy atom. The molecule has 82 heavy (non-hydrogen) atoms. The van der Waals surface area contributed by atoms with Crippen molar-refractivity contribution in [2.45, 2.75) is 221 Å². The fourth-order valence-electron chi connectivity index (χ4n) is 23.5. The first-order chi connectivity index (χ1) is 39.9. The lowest BCUT2D eigenvalue weighted by Gasteiger charge is -2.66. The number of nitrogens with zero attached hydrogens (tertiary/aromatic N) is 4. The zero-order valence-corrected chi connectivity index (χ0v) is 47.7. The van der Waals surface area contributed by atoms with Crippen molar-refractivity contribution in [1.29, 1.82) is 0 Å². The van der Waals surface area contributed by atoms with E-state index in [2.05, 4.69) is 56.0 Å². The van der Waals surface area contributed by atoms with Crippen LogP contribution in [-0.2, 0) is 49.7 Å². The van der Waals surface area contributed by atoms with E-state index in [4.69, 9.17) is 42.6 Å². The van der Waals surface area contributed by atoms with Crippen molar-refractivity contribution in [1.82, 2.24) is 19.6 Å². The molecule has 6 saturated carbocycles. The summed E-state index contributed by atoms with van der Waals surface area (Å²) in [5.41, 5.74) is -2.33. The van der Waals surface area contributed by atoms with E-state index in [0.29, 0.717) is 92.8 Å². The SMILES string of the molecule is COc1ccc2c3c1O[C@H]1[C@]4(CC[C@@]5(O)[C@@H](C2)N(CC2CC2)CC[C@]315)O[C@@H]1N2[C@H]4O[C@]3(CC[C@@]4(O)[C@H]5Cc6ccc(OC)c7c6[C@@]4(CCN5CC4CC4)[C@H]3O7)[C@@H]2O[C@]12CC[C@@]1(O)[C@H]3Cc4ccc(OC)c5c4[C@@]1(CCN3CC1CC1)[C@H]2O5. The number of likely N-dealkylation sites (tertiary alicyclic amines) is 3. The molecule has 3 aromatic rings. The van der Waals surface area contributed by atoms with Crippen LogP contribution in [-0.4, -0.2) is 184 Å². The van der Waals surface area contributed by atoms with Gasteiger partial charge in [-0.1, -0.05) is 18.2 Å². The summed E-state index contributed by atoms with van der Waals surface area (Å²) in [6.07, 6.45) is 10.7. The van der Waals surface area contributed by atoms with E-state index in [9.17, 15) is 15.3 Å². The maximum atomic E-state index is 14.2. The molecule has 3 aromatic carbocycles. The average molecular weight is 1120 g/mol. The Hall–Kier alpha value is -3.94. The van der Waals surface area contributed by atoms with E-state index in [0.717, 1.165) is 92.5 Å².